The highest BCUT2D eigenvalue weighted by Crippen LogP contribution is 2.33. The molecule has 1 aromatic carbocycles. The SMILES string of the molecule is CNC(c1ccc(C)s1)c1cc(Cl)c(Br)cc1F. The Morgan fingerprint density at radius 1 is 1.39 bits per heavy atom. The van der Waals surface area contributed by atoms with Gasteiger partial charge in [0.15, 0.2) is 0 Å². The largest absolute Gasteiger partial charge is 0.309 e. The summed E-state index contributed by atoms with van der Waals surface area (Å²) in [4.78, 5) is 2.28. The van der Waals surface area contributed by atoms with Crippen LogP contribution in [0, 0.1) is 12.7 Å². The van der Waals surface area contributed by atoms with Gasteiger partial charge in [-0.15, -0.1) is 11.3 Å². The van der Waals surface area contributed by atoms with Gasteiger partial charge in [-0.1, -0.05) is 11.6 Å². The Balaban J connectivity index is 2.48. The fourth-order valence-electron chi connectivity index (χ4n) is 1.82. The first-order chi connectivity index (χ1) is 8.52. The molecule has 18 heavy (non-hydrogen) atoms. The molecule has 1 heterocycles. The summed E-state index contributed by atoms with van der Waals surface area (Å²) in [6, 6.07) is 6.94. The van der Waals surface area contributed by atoms with Gasteiger partial charge in [0.1, 0.15) is 5.82 Å². The van der Waals surface area contributed by atoms with Crippen molar-refractivity contribution in [2.75, 3.05) is 7.05 Å². The molecule has 0 fully saturated rings. The van der Waals surface area contributed by atoms with E-state index in [4.69, 9.17) is 11.6 Å². The lowest BCUT2D eigenvalue weighted by Crippen LogP contribution is -2.17. The highest BCUT2D eigenvalue weighted by molar-refractivity contribution is 9.10. The maximum absolute atomic E-state index is 14.0. The zero-order valence-corrected chi connectivity index (χ0v) is 13.1. The quantitative estimate of drug-likeness (QED) is 0.776. The fourth-order valence-corrected chi connectivity index (χ4v) is 3.31. The van der Waals surface area contributed by atoms with Crippen molar-refractivity contribution in [3.63, 3.8) is 0 Å². The van der Waals surface area contributed by atoms with Crippen molar-refractivity contribution >= 4 is 38.9 Å². The maximum atomic E-state index is 14.0. The van der Waals surface area contributed by atoms with E-state index in [1.54, 1.807) is 17.4 Å². The summed E-state index contributed by atoms with van der Waals surface area (Å²) in [7, 11) is 1.81. The van der Waals surface area contributed by atoms with E-state index in [1.807, 2.05) is 26.1 Å². The van der Waals surface area contributed by atoms with Crippen molar-refractivity contribution in [3.8, 4) is 0 Å². The first kappa shape index (κ1) is 14.0. The summed E-state index contributed by atoms with van der Waals surface area (Å²) < 4.78 is 14.6. The molecule has 2 rings (SSSR count). The first-order valence-electron chi connectivity index (χ1n) is 5.41. The van der Waals surface area contributed by atoms with Crippen molar-refractivity contribution in [1.82, 2.24) is 5.32 Å². The lowest BCUT2D eigenvalue weighted by Gasteiger charge is -2.16. The summed E-state index contributed by atoms with van der Waals surface area (Å²) in [5.74, 6) is -0.267. The van der Waals surface area contributed by atoms with Gasteiger partial charge in [-0.3, -0.25) is 0 Å². The van der Waals surface area contributed by atoms with E-state index >= 15 is 0 Å². The molecule has 1 aromatic heterocycles. The minimum absolute atomic E-state index is 0.172. The predicted molar refractivity (Wildman–Crippen MR) is 79.1 cm³/mol. The van der Waals surface area contributed by atoms with Crippen molar-refractivity contribution in [1.29, 1.82) is 0 Å². The van der Waals surface area contributed by atoms with Gasteiger partial charge in [-0.05, 0) is 54.2 Å². The fraction of sp³-hybridized carbons (Fsp3) is 0.231. The Bertz CT molecular complexity index is 570. The molecule has 0 aliphatic rings. The molecular formula is C13H12BrClFNS. The average molecular weight is 349 g/mol. The van der Waals surface area contributed by atoms with E-state index in [2.05, 4.69) is 21.2 Å². The number of aryl methyl sites for hydroxylation is 1. The third-order valence-electron chi connectivity index (χ3n) is 2.68. The number of thiophene rings is 1. The molecule has 0 spiro atoms. The van der Waals surface area contributed by atoms with Crippen LogP contribution in [0.5, 0.6) is 0 Å². The van der Waals surface area contributed by atoms with Crippen molar-refractivity contribution in [3.05, 3.63) is 54.9 Å². The number of nitrogens with one attached hydrogen (secondary N) is 1. The van der Waals surface area contributed by atoms with Crippen LogP contribution in [0.15, 0.2) is 28.7 Å². The second-order valence-electron chi connectivity index (χ2n) is 3.96. The molecule has 0 aliphatic carbocycles. The Labute approximate surface area is 123 Å². The van der Waals surface area contributed by atoms with Crippen LogP contribution in [0.4, 0.5) is 4.39 Å². The van der Waals surface area contributed by atoms with E-state index in [1.165, 1.54) is 10.9 Å². The second-order valence-corrected chi connectivity index (χ2v) is 6.54. The average Bonchev–Trinajstić information content (AvgIpc) is 2.73. The highest BCUT2D eigenvalue weighted by atomic mass is 79.9. The third-order valence-corrected chi connectivity index (χ3v) is 4.95. The van der Waals surface area contributed by atoms with Crippen LogP contribution in [0.25, 0.3) is 0 Å². The molecule has 0 bridgehead atoms. The summed E-state index contributed by atoms with van der Waals surface area (Å²) in [6.07, 6.45) is 0. The lowest BCUT2D eigenvalue weighted by atomic mass is 10.0. The van der Waals surface area contributed by atoms with E-state index in [9.17, 15) is 4.39 Å². The molecule has 0 amide bonds. The van der Waals surface area contributed by atoms with E-state index in [-0.39, 0.29) is 11.9 Å². The van der Waals surface area contributed by atoms with Gasteiger partial charge in [0.2, 0.25) is 0 Å². The van der Waals surface area contributed by atoms with E-state index in [0.29, 0.717) is 15.1 Å². The molecule has 0 aliphatic heterocycles. The van der Waals surface area contributed by atoms with Gasteiger partial charge in [-0.25, -0.2) is 4.39 Å². The summed E-state index contributed by atoms with van der Waals surface area (Å²) in [5.41, 5.74) is 0.563. The molecule has 0 saturated heterocycles. The number of halogens is 3. The molecular weight excluding hydrogens is 337 g/mol. The van der Waals surface area contributed by atoms with Crippen LogP contribution in [0.2, 0.25) is 5.02 Å². The minimum Gasteiger partial charge on any atom is -0.309 e. The molecule has 0 radical (unpaired) electrons. The Hall–Kier alpha value is -0.420. The third kappa shape index (κ3) is 2.77. The van der Waals surface area contributed by atoms with Gasteiger partial charge < -0.3 is 5.32 Å². The standard InChI is InChI=1S/C13H12BrClFNS/c1-7-3-4-12(18-7)13(17-2)8-5-10(15)9(14)6-11(8)16/h3-6,13,17H,1-2H3. The molecule has 5 heteroatoms. The van der Waals surface area contributed by atoms with E-state index in [0.717, 1.165) is 4.88 Å². The zero-order chi connectivity index (χ0) is 13.3. The molecule has 1 nitrogen and oxygen atoms in total. The Morgan fingerprint density at radius 2 is 2.11 bits per heavy atom. The van der Waals surface area contributed by atoms with Gasteiger partial charge >= 0.3 is 0 Å². The van der Waals surface area contributed by atoms with Crippen molar-refractivity contribution < 1.29 is 4.39 Å². The topological polar surface area (TPSA) is 12.0 Å². The lowest BCUT2D eigenvalue weighted by molar-refractivity contribution is 0.578. The van der Waals surface area contributed by atoms with Crippen LogP contribution < -0.4 is 5.32 Å². The number of rotatable bonds is 3. The van der Waals surface area contributed by atoms with Crippen LogP contribution in [-0.4, -0.2) is 7.05 Å². The summed E-state index contributed by atoms with van der Waals surface area (Å²) in [5, 5.41) is 3.65. The Morgan fingerprint density at radius 3 is 2.67 bits per heavy atom. The molecule has 0 saturated carbocycles. The van der Waals surface area contributed by atoms with Crippen molar-refractivity contribution in [2.45, 2.75) is 13.0 Å². The van der Waals surface area contributed by atoms with Crippen LogP contribution in [0.3, 0.4) is 0 Å². The first-order valence-corrected chi connectivity index (χ1v) is 7.39. The zero-order valence-electron chi connectivity index (χ0n) is 9.93. The van der Waals surface area contributed by atoms with Gasteiger partial charge in [0.05, 0.1) is 11.1 Å². The predicted octanol–water partition coefficient (Wildman–Crippen LogP) is 4.92. The van der Waals surface area contributed by atoms with E-state index < -0.39 is 0 Å². The Kier molecular flexibility index (Phi) is 4.43. The summed E-state index contributed by atoms with van der Waals surface area (Å²) >= 11 is 10.9. The normalized spacial score (nSPS) is 12.7. The number of hydrogen-bond donors (Lipinski definition) is 1. The summed E-state index contributed by atoms with van der Waals surface area (Å²) in [6.45, 7) is 2.03. The van der Waals surface area contributed by atoms with Gasteiger partial charge in [0, 0.05) is 19.8 Å². The van der Waals surface area contributed by atoms with Crippen LogP contribution in [0.1, 0.15) is 21.4 Å². The molecule has 1 atom stereocenters. The number of benzene rings is 1. The monoisotopic (exact) mass is 347 g/mol. The molecule has 1 unspecified atom stereocenters. The second kappa shape index (κ2) is 5.70. The molecule has 96 valence electrons. The van der Waals surface area contributed by atoms with Crippen molar-refractivity contribution in [2.24, 2.45) is 0 Å². The minimum atomic E-state index is -0.267. The maximum Gasteiger partial charge on any atom is 0.129 e. The highest BCUT2D eigenvalue weighted by Gasteiger charge is 2.19. The molecule has 1 N–H and O–H groups in total. The van der Waals surface area contributed by atoms with Crippen LogP contribution >= 0.6 is 38.9 Å². The number of hydrogen-bond acceptors (Lipinski definition) is 2. The molecule has 2 aromatic rings. The van der Waals surface area contributed by atoms with Crippen LogP contribution in [-0.2, 0) is 0 Å². The van der Waals surface area contributed by atoms with Gasteiger partial charge in [-0.2, -0.15) is 0 Å². The van der Waals surface area contributed by atoms with Gasteiger partial charge in [0.25, 0.3) is 0 Å². The smallest absolute Gasteiger partial charge is 0.129 e.